The summed E-state index contributed by atoms with van der Waals surface area (Å²) < 4.78 is 11.8. The van der Waals surface area contributed by atoms with Gasteiger partial charge in [-0.05, 0) is 20.8 Å². The summed E-state index contributed by atoms with van der Waals surface area (Å²) in [7, 11) is 0. The first-order chi connectivity index (χ1) is 7.26. The van der Waals surface area contributed by atoms with Crippen molar-refractivity contribution in [1.82, 2.24) is 10.2 Å². The molecule has 1 heterocycles. The number of aromatic nitrogens is 2. The van der Waals surface area contributed by atoms with Gasteiger partial charge in [0.25, 0.3) is 0 Å². The highest BCUT2D eigenvalue weighted by Gasteiger charge is 2.10. The lowest BCUT2D eigenvalue weighted by Crippen LogP contribution is -2.19. The molecule has 0 unspecified atom stereocenters. The summed E-state index contributed by atoms with van der Waals surface area (Å²) in [6, 6.07) is 0. The maximum absolute atomic E-state index is 5.42. The van der Waals surface area contributed by atoms with Crippen LogP contribution in [-0.4, -0.2) is 35.5 Å². The average Bonchev–Trinajstić information content (AvgIpc) is 2.61. The lowest BCUT2D eigenvalue weighted by Gasteiger charge is -2.15. The molecule has 4 nitrogen and oxygen atoms in total. The third-order valence-electron chi connectivity index (χ3n) is 1.56. The Morgan fingerprint density at radius 1 is 1.27 bits per heavy atom. The first-order valence-electron chi connectivity index (χ1n) is 4.92. The first-order valence-corrected chi connectivity index (χ1v) is 6.72. The Balaban J connectivity index is 2.32. The number of hydrogen-bond acceptors (Lipinski definition) is 6. The molecule has 0 N–H and O–H groups in total. The van der Waals surface area contributed by atoms with Gasteiger partial charge in [0.05, 0.1) is 5.75 Å². The maximum atomic E-state index is 5.42. The molecular weight excluding hydrogens is 232 g/mol. The fraction of sp³-hybridized carbons (Fsp3) is 0.778. The molecule has 0 aromatic carbocycles. The molecule has 0 aliphatic heterocycles. The zero-order valence-electron chi connectivity index (χ0n) is 9.23. The second-order valence-electron chi connectivity index (χ2n) is 2.74. The van der Waals surface area contributed by atoms with E-state index in [1.165, 1.54) is 0 Å². The van der Waals surface area contributed by atoms with E-state index in [-0.39, 0.29) is 6.29 Å². The molecule has 0 spiro atoms. The summed E-state index contributed by atoms with van der Waals surface area (Å²) in [6.07, 6.45) is -0.144. The van der Waals surface area contributed by atoms with Gasteiger partial charge in [0.2, 0.25) is 0 Å². The smallest absolute Gasteiger partial charge is 0.174 e. The predicted molar refractivity (Wildman–Crippen MR) is 62.4 cm³/mol. The summed E-state index contributed by atoms with van der Waals surface area (Å²) in [5.41, 5.74) is 0. The summed E-state index contributed by atoms with van der Waals surface area (Å²) in [6.45, 7) is 7.21. The number of ether oxygens (including phenoxy) is 2. The van der Waals surface area contributed by atoms with Crippen molar-refractivity contribution in [2.45, 2.75) is 31.4 Å². The van der Waals surface area contributed by atoms with E-state index in [1.54, 1.807) is 23.1 Å². The van der Waals surface area contributed by atoms with Gasteiger partial charge < -0.3 is 9.47 Å². The fourth-order valence-electron chi connectivity index (χ4n) is 0.992. The second-order valence-corrected chi connectivity index (χ2v) is 5.19. The molecule has 6 heteroatoms. The van der Waals surface area contributed by atoms with Crippen LogP contribution in [0.15, 0.2) is 4.34 Å². The van der Waals surface area contributed by atoms with Crippen LogP contribution in [0.25, 0.3) is 0 Å². The fourth-order valence-corrected chi connectivity index (χ4v) is 2.78. The van der Waals surface area contributed by atoms with Crippen molar-refractivity contribution in [3.8, 4) is 0 Å². The zero-order valence-corrected chi connectivity index (χ0v) is 10.9. The minimum atomic E-state index is -0.144. The highest BCUT2D eigenvalue weighted by Crippen LogP contribution is 2.23. The highest BCUT2D eigenvalue weighted by molar-refractivity contribution is 8.01. The van der Waals surface area contributed by atoms with E-state index < -0.39 is 0 Å². The Labute approximate surface area is 98.4 Å². The summed E-state index contributed by atoms with van der Waals surface area (Å²) in [5, 5.41) is 8.97. The topological polar surface area (TPSA) is 44.2 Å². The molecule has 0 atom stereocenters. The third-order valence-corrected chi connectivity index (χ3v) is 3.56. The van der Waals surface area contributed by atoms with Crippen LogP contribution in [0.2, 0.25) is 0 Å². The quantitative estimate of drug-likeness (QED) is 0.547. The van der Waals surface area contributed by atoms with Gasteiger partial charge in [-0.15, -0.1) is 10.2 Å². The van der Waals surface area contributed by atoms with E-state index in [9.17, 15) is 0 Å². The van der Waals surface area contributed by atoms with E-state index in [1.807, 2.05) is 20.8 Å². The van der Waals surface area contributed by atoms with Crippen LogP contribution < -0.4 is 0 Å². The van der Waals surface area contributed by atoms with Gasteiger partial charge in [0, 0.05) is 13.2 Å². The average molecular weight is 248 g/mol. The van der Waals surface area contributed by atoms with Crippen molar-refractivity contribution in [3.63, 3.8) is 0 Å². The molecule has 0 amide bonds. The van der Waals surface area contributed by atoms with Gasteiger partial charge in [-0.3, -0.25) is 0 Å². The molecule has 0 aliphatic carbocycles. The highest BCUT2D eigenvalue weighted by atomic mass is 32.2. The largest absolute Gasteiger partial charge is 0.352 e. The zero-order chi connectivity index (χ0) is 11.1. The molecular formula is C9H16N2O2S2. The molecule has 1 aromatic rings. The summed E-state index contributed by atoms with van der Waals surface area (Å²) >= 11 is 3.22. The normalized spacial score (nSPS) is 11.2. The monoisotopic (exact) mass is 248 g/mol. The van der Waals surface area contributed by atoms with E-state index in [0.29, 0.717) is 13.2 Å². The molecule has 1 aromatic heterocycles. The molecule has 0 saturated heterocycles. The molecule has 0 aliphatic rings. The minimum absolute atomic E-state index is 0.144. The van der Waals surface area contributed by atoms with Crippen molar-refractivity contribution in [1.29, 1.82) is 0 Å². The maximum Gasteiger partial charge on any atom is 0.174 e. The lowest BCUT2D eigenvalue weighted by atomic mass is 10.7. The van der Waals surface area contributed by atoms with Crippen LogP contribution in [0.3, 0.4) is 0 Å². The summed E-state index contributed by atoms with van der Waals surface area (Å²) in [4.78, 5) is 0. The van der Waals surface area contributed by atoms with Gasteiger partial charge in [-0.25, -0.2) is 0 Å². The van der Waals surface area contributed by atoms with E-state index in [0.717, 1.165) is 15.1 Å². The molecule has 0 fully saturated rings. The predicted octanol–water partition coefficient (Wildman–Crippen LogP) is 2.34. The number of aryl methyl sites for hydroxylation is 1. The van der Waals surface area contributed by atoms with Gasteiger partial charge >= 0.3 is 0 Å². The van der Waals surface area contributed by atoms with Gasteiger partial charge in [-0.1, -0.05) is 23.1 Å². The van der Waals surface area contributed by atoms with Crippen molar-refractivity contribution in [2.24, 2.45) is 0 Å². The third kappa shape index (κ3) is 4.92. The SMILES string of the molecule is CCOC(CSc1nnc(C)s1)OCC. The van der Waals surface area contributed by atoms with E-state index in [4.69, 9.17) is 9.47 Å². The minimum Gasteiger partial charge on any atom is -0.352 e. The first kappa shape index (κ1) is 12.9. The lowest BCUT2D eigenvalue weighted by molar-refractivity contribution is -0.120. The molecule has 15 heavy (non-hydrogen) atoms. The van der Waals surface area contributed by atoms with Crippen LogP contribution in [0, 0.1) is 6.92 Å². The van der Waals surface area contributed by atoms with Crippen LogP contribution >= 0.6 is 23.1 Å². The van der Waals surface area contributed by atoms with Crippen LogP contribution in [0.1, 0.15) is 18.9 Å². The van der Waals surface area contributed by atoms with Crippen molar-refractivity contribution in [2.75, 3.05) is 19.0 Å². The Morgan fingerprint density at radius 3 is 2.40 bits per heavy atom. The molecule has 0 radical (unpaired) electrons. The van der Waals surface area contributed by atoms with Crippen molar-refractivity contribution in [3.05, 3.63) is 5.01 Å². The Bertz CT molecular complexity index is 275. The van der Waals surface area contributed by atoms with Crippen LogP contribution in [0.4, 0.5) is 0 Å². The molecule has 86 valence electrons. The number of thioether (sulfide) groups is 1. The molecule has 0 bridgehead atoms. The van der Waals surface area contributed by atoms with E-state index >= 15 is 0 Å². The van der Waals surface area contributed by atoms with Crippen LogP contribution in [-0.2, 0) is 9.47 Å². The second kappa shape index (κ2) is 7.16. The van der Waals surface area contributed by atoms with E-state index in [2.05, 4.69) is 10.2 Å². The Hall–Kier alpha value is -0.170. The van der Waals surface area contributed by atoms with Crippen molar-refractivity contribution < 1.29 is 9.47 Å². The number of hydrogen-bond donors (Lipinski definition) is 0. The number of rotatable bonds is 7. The molecule has 1 rings (SSSR count). The summed E-state index contributed by atoms with van der Waals surface area (Å²) in [5.74, 6) is 0.760. The van der Waals surface area contributed by atoms with Gasteiger partial charge in [0.15, 0.2) is 10.6 Å². The van der Waals surface area contributed by atoms with Gasteiger partial charge in [0.1, 0.15) is 5.01 Å². The molecule has 0 saturated carbocycles. The Morgan fingerprint density at radius 2 is 1.93 bits per heavy atom. The standard InChI is InChI=1S/C9H16N2O2S2/c1-4-12-8(13-5-2)6-14-9-11-10-7(3)15-9/h8H,4-6H2,1-3H3. The van der Waals surface area contributed by atoms with Gasteiger partial charge in [-0.2, -0.15) is 0 Å². The van der Waals surface area contributed by atoms with Crippen molar-refractivity contribution >= 4 is 23.1 Å². The Kier molecular flexibility index (Phi) is 6.16. The number of nitrogens with zero attached hydrogens (tertiary/aromatic N) is 2. The van der Waals surface area contributed by atoms with Crippen LogP contribution in [0.5, 0.6) is 0 Å².